The molecule has 0 aliphatic heterocycles. The Balaban J connectivity index is 4.13. The van der Waals surface area contributed by atoms with Crippen LogP contribution in [0.15, 0.2) is 72.9 Å². The van der Waals surface area contributed by atoms with Gasteiger partial charge in [-0.2, -0.15) is 0 Å². The molecule has 1 atom stereocenters. The van der Waals surface area contributed by atoms with Gasteiger partial charge in [-0.3, -0.25) is 14.4 Å². The molecule has 0 aliphatic carbocycles. The number of esters is 3. The van der Waals surface area contributed by atoms with Crippen molar-refractivity contribution in [3.8, 4) is 0 Å². The van der Waals surface area contributed by atoms with E-state index in [1.165, 1.54) is 180 Å². The van der Waals surface area contributed by atoms with Gasteiger partial charge >= 0.3 is 17.9 Å². The SMILES string of the molecule is CC/C=C\C/C=C\C/C=C\C/C=C\CCCCCCCCCCCCCCCCCCCCC(=O)OCC(COC(=O)CCCCCCCCCCCCCC)OC(=O)CCCCCCC/C=C\C/C=C\CCCC. The van der Waals surface area contributed by atoms with Crippen molar-refractivity contribution < 1.29 is 28.6 Å². The molecule has 0 aromatic heterocycles. The van der Waals surface area contributed by atoms with Crippen LogP contribution in [0, 0.1) is 0 Å². The molecule has 6 heteroatoms. The van der Waals surface area contributed by atoms with Crippen LogP contribution in [0.25, 0.3) is 0 Å². The van der Waals surface area contributed by atoms with Crippen LogP contribution in [0.3, 0.4) is 0 Å². The number of ether oxygens (including phenoxy) is 3. The van der Waals surface area contributed by atoms with Gasteiger partial charge in [0.05, 0.1) is 0 Å². The monoisotopic (exact) mass is 1050 g/mol. The zero-order valence-electron chi connectivity index (χ0n) is 49.8. The highest BCUT2D eigenvalue weighted by Crippen LogP contribution is 2.17. The predicted molar refractivity (Wildman–Crippen MR) is 325 cm³/mol. The molecule has 0 saturated carbocycles. The number of carbonyl (C=O) groups excluding carboxylic acids is 3. The van der Waals surface area contributed by atoms with Gasteiger partial charge in [-0.15, -0.1) is 0 Å². The number of hydrogen-bond donors (Lipinski definition) is 0. The Bertz CT molecular complexity index is 1390. The maximum atomic E-state index is 12.9. The highest BCUT2D eigenvalue weighted by atomic mass is 16.6. The third-order valence-electron chi connectivity index (χ3n) is 14.2. The molecule has 0 amide bonds. The third kappa shape index (κ3) is 61.6. The molecule has 0 saturated heterocycles. The van der Waals surface area contributed by atoms with Crippen molar-refractivity contribution in [2.45, 2.75) is 335 Å². The zero-order valence-corrected chi connectivity index (χ0v) is 49.8. The Morgan fingerprint density at radius 2 is 0.533 bits per heavy atom. The van der Waals surface area contributed by atoms with Gasteiger partial charge in [0.1, 0.15) is 13.2 Å². The van der Waals surface area contributed by atoms with Crippen molar-refractivity contribution in [2.24, 2.45) is 0 Å². The van der Waals surface area contributed by atoms with E-state index in [2.05, 4.69) is 93.7 Å². The van der Waals surface area contributed by atoms with Crippen molar-refractivity contribution in [1.82, 2.24) is 0 Å². The standard InChI is InChI=1S/C69H122O6/c1-4-7-10-13-16-19-22-25-27-28-29-30-31-32-33-34-35-36-37-38-39-40-41-42-43-45-47-50-53-56-59-62-68(71)74-65-66(64-73-67(70)61-58-55-52-49-46-24-21-18-15-12-9-6-3)75-69(72)63-60-57-54-51-48-44-26-23-20-17-14-11-8-5-2/h7,10,14,16-17,19,23,25-27,29-30,66H,4-6,8-9,11-13,15,18,20-22,24,28,31-65H2,1-3H3/b10-7-,17-14-,19-16-,26-23-,27-25-,30-29-. The van der Waals surface area contributed by atoms with Crippen molar-refractivity contribution in [1.29, 1.82) is 0 Å². The molecule has 0 radical (unpaired) electrons. The summed E-state index contributed by atoms with van der Waals surface area (Å²) in [6, 6.07) is 0. The number of allylic oxidation sites excluding steroid dienone is 12. The molecular formula is C69H122O6. The molecule has 0 N–H and O–H groups in total. The molecule has 1 unspecified atom stereocenters. The number of hydrogen-bond acceptors (Lipinski definition) is 6. The topological polar surface area (TPSA) is 78.9 Å². The Morgan fingerprint density at radius 1 is 0.280 bits per heavy atom. The van der Waals surface area contributed by atoms with Gasteiger partial charge < -0.3 is 14.2 Å². The lowest BCUT2D eigenvalue weighted by molar-refractivity contribution is -0.167. The molecule has 0 spiro atoms. The van der Waals surface area contributed by atoms with E-state index in [0.29, 0.717) is 19.3 Å². The molecule has 0 aliphatic rings. The summed E-state index contributed by atoms with van der Waals surface area (Å²) in [5.74, 6) is -0.874. The lowest BCUT2D eigenvalue weighted by Crippen LogP contribution is -2.30. The van der Waals surface area contributed by atoms with E-state index in [0.717, 1.165) is 109 Å². The highest BCUT2D eigenvalue weighted by Gasteiger charge is 2.19. The van der Waals surface area contributed by atoms with Crippen molar-refractivity contribution in [3.05, 3.63) is 72.9 Å². The molecule has 75 heavy (non-hydrogen) atoms. The van der Waals surface area contributed by atoms with Gasteiger partial charge in [0.15, 0.2) is 6.10 Å². The molecule has 0 aromatic carbocycles. The Morgan fingerprint density at radius 3 is 0.853 bits per heavy atom. The van der Waals surface area contributed by atoms with Crippen LogP contribution in [0.2, 0.25) is 0 Å². The summed E-state index contributed by atoms with van der Waals surface area (Å²) in [6.45, 7) is 6.51. The summed E-state index contributed by atoms with van der Waals surface area (Å²) >= 11 is 0. The van der Waals surface area contributed by atoms with Gasteiger partial charge in [-0.25, -0.2) is 0 Å². The van der Waals surface area contributed by atoms with E-state index >= 15 is 0 Å². The second kappa shape index (κ2) is 63.4. The normalized spacial score (nSPS) is 12.5. The summed E-state index contributed by atoms with van der Waals surface area (Å²) in [6.07, 6.45) is 82.1. The molecule has 0 aromatic rings. The fourth-order valence-electron chi connectivity index (χ4n) is 9.34. The molecular weight excluding hydrogens is 925 g/mol. The minimum absolute atomic E-state index is 0.0759. The van der Waals surface area contributed by atoms with Crippen LogP contribution >= 0.6 is 0 Å². The summed E-state index contributed by atoms with van der Waals surface area (Å²) in [7, 11) is 0. The van der Waals surface area contributed by atoms with E-state index in [9.17, 15) is 14.4 Å². The maximum absolute atomic E-state index is 12.9. The first-order valence-electron chi connectivity index (χ1n) is 32.4. The minimum atomic E-state index is -0.779. The van der Waals surface area contributed by atoms with Gasteiger partial charge in [-0.05, 0) is 83.5 Å². The van der Waals surface area contributed by atoms with Crippen molar-refractivity contribution >= 4 is 17.9 Å². The Labute approximate surface area is 465 Å². The second-order valence-corrected chi connectivity index (χ2v) is 21.6. The van der Waals surface area contributed by atoms with Crippen LogP contribution in [0.1, 0.15) is 329 Å². The average Bonchev–Trinajstić information content (AvgIpc) is 3.41. The third-order valence-corrected chi connectivity index (χ3v) is 14.2. The van der Waals surface area contributed by atoms with Gasteiger partial charge in [-0.1, -0.05) is 299 Å². The van der Waals surface area contributed by atoms with Gasteiger partial charge in [0, 0.05) is 19.3 Å². The molecule has 6 nitrogen and oxygen atoms in total. The zero-order chi connectivity index (χ0) is 54.3. The van der Waals surface area contributed by atoms with Crippen molar-refractivity contribution in [2.75, 3.05) is 13.2 Å². The summed E-state index contributed by atoms with van der Waals surface area (Å²) in [4.78, 5) is 38.2. The number of unbranched alkanes of at least 4 members (excludes halogenated alkanes) is 36. The maximum Gasteiger partial charge on any atom is 0.306 e. The predicted octanol–water partition coefficient (Wildman–Crippen LogP) is 22.1. The van der Waals surface area contributed by atoms with E-state index in [1.807, 2.05) is 0 Å². The molecule has 0 rings (SSSR count). The summed E-state index contributed by atoms with van der Waals surface area (Å²) in [5, 5.41) is 0. The lowest BCUT2D eigenvalue weighted by Gasteiger charge is -2.18. The largest absolute Gasteiger partial charge is 0.462 e. The Hall–Kier alpha value is -3.15. The molecule has 0 fully saturated rings. The minimum Gasteiger partial charge on any atom is -0.462 e. The fraction of sp³-hybridized carbons (Fsp3) is 0.783. The first-order valence-corrected chi connectivity index (χ1v) is 32.4. The van der Waals surface area contributed by atoms with Crippen LogP contribution in [0.4, 0.5) is 0 Å². The molecule has 0 bridgehead atoms. The fourth-order valence-corrected chi connectivity index (χ4v) is 9.34. The molecule has 0 heterocycles. The quantitative estimate of drug-likeness (QED) is 0.0261. The van der Waals surface area contributed by atoms with Gasteiger partial charge in [0.2, 0.25) is 0 Å². The Kier molecular flexibility index (Phi) is 60.7. The molecule has 434 valence electrons. The summed E-state index contributed by atoms with van der Waals surface area (Å²) < 4.78 is 16.9. The highest BCUT2D eigenvalue weighted by molar-refractivity contribution is 5.71. The van der Waals surface area contributed by atoms with Crippen LogP contribution in [-0.2, 0) is 28.6 Å². The van der Waals surface area contributed by atoms with Crippen LogP contribution in [-0.4, -0.2) is 37.2 Å². The second-order valence-electron chi connectivity index (χ2n) is 21.6. The average molecular weight is 1050 g/mol. The first-order chi connectivity index (χ1) is 37.0. The number of carbonyl (C=O) groups is 3. The van der Waals surface area contributed by atoms with Crippen LogP contribution < -0.4 is 0 Å². The van der Waals surface area contributed by atoms with E-state index in [4.69, 9.17) is 14.2 Å². The van der Waals surface area contributed by atoms with Gasteiger partial charge in [0.25, 0.3) is 0 Å². The number of rotatable bonds is 59. The van der Waals surface area contributed by atoms with E-state index in [-0.39, 0.29) is 31.1 Å². The first kappa shape index (κ1) is 71.8. The van der Waals surface area contributed by atoms with E-state index < -0.39 is 6.10 Å². The smallest absolute Gasteiger partial charge is 0.306 e. The lowest BCUT2D eigenvalue weighted by atomic mass is 10.0. The van der Waals surface area contributed by atoms with Crippen molar-refractivity contribution in [3.63, 3.8) is 0 Å². The summed E-state index contributed by atoms with van der Waals surface area (Å²) in [5.41, 5.74) is 0. The van der Waals surface area contributed by atoms with E-state index in [1.54, 1.807) is 0 Å². The van der Waals surface area contributed by atoms with Crippen LogP contribution in [0.5, 0.6) is 0 Å².